The average molecular weight is 247 g/mol. The molecule has 2 N–H and O–H groups in total. The van der Waals surface area contributed by atoms with Gasteiger partial charge in [0.1, 0.15) is 0 Å². The molecule has 1 aromatic heterocycles. The number of carbonyl (C=O) groups is 2. The van der Waals surface area contributed by atoms with Crippen LogP contribution in [0.5, 0.6) is 0 Å². The molecule has 18 heavy (non-hydrogen) atoms. The highest BCUT2D eigenvalue weighted by Crippen LogP contribution is 2.21. The van der Waals surface area contributed by atoms with Gasteiger partial charge in [0, 0.05) is 28.6 Å². The first-order valence-corrected chi connectivity index (χ1v) is 5.41. The largest absolute Gasteiger partial charge is 0.481 e. The second-order valence-corrected chi connectivity index (χ2v) is 4.11. The molecule has 1 aromatic carbocycles. The zero-order valence-electron chi connectivity index (χ0n) is 9.43. The van der Waals surface area contributed by atoms with Crippen LogP contribution in [0.15, 0.2) is 30.5 Å². The molecule has 0 amide bonds. The van der Waals surface area contributed by atoms with Crippen LogP contribution < -0.4 is 0 Å². The van der Waals surface area contributed by atoms with Gasteiger partial charge in [-0.3, -0.25) is 9.59 Å². The van der Waals surface area contributed by atoms with Gasteiger partial charge < -0.3 is 10.1 Å². The zero-order valence-corrected chi connectivity index (χ0v) is 9.43. The molecular formula is C14H17NO3. The smallest absolute Gasteiger partial charge is 0.304 e. The molecule has 0 saturated carbocycles. The van der Waals surface area contributed by atoms with Crippen molar-refractivity contribution in [1.82, 2.24) is 4.98 Å². The van der Waals surface area contributed by atoms with E-state index in [1.165, 1.54) is 0 Å². The van der Waals surface area contributed by atoms with Crippen molar-refractivity contribution in [2.75, 3.05) is 0 Å². The molecule has 0 aliphatic carbocycles. The minimum absolute atomic E-state index is 0. The Morgan fingerprint density at radius 2 is 2.00 bits per heavy atom. The molecule has 2 rings (SSSR count). The number of carbonyl (C=O) groups excluding carboxylic acids is 1. The van der Waals surface area contributed by atoms with Gasteiger partial charge in [0.2, 0.25) is 0 Å². The van der Waals surface area contributed by atoms with Gasteiger partial charge in [0.05, 0.1) is 6.42 Å². The molecule has 1 heterocycles. The third kappa shape index (κ3) is 2.59. The molecule has 0 unspecified atom stereocenters. The van der Waals surface area contributed by atoms with Gasteiger partial charge in [0.25, 0.3) is 0 Å². The molecule has 0 spiro atoms. The van der Waals surface area contributed by atoms with Crippen molar-refractivity contribution in [3.8, 4) is 0 Å². The quantitative estimate of drug-likeness (QED) is 0.815. The number of aromatic amines is 1. The zero-order chi connectivity index (χ0) is 12.4. The standard InChI is InChI=1S/C13H13NO3.CH4/c1-8(6-12(15)16)13(17)10-7-14-11-5-3-2-4-9(10)11;/h2-5,7-8,14H,6H2,1H3,(H,15,16);1H4/t8-;/m0./s1. The fraction of sp³-hybridized carbons (Fsp3) is 0.286. The Kier molecular flexibility index (Phi) is 4.26. The lowest BCUT2D eigenvalue weighted by Crippen LogP contribution is -2.15. The van der Waals surface area contributed by atoms with Crippen molar-refractivity contribution < 1.29 is 14.7 Å². The third-order valence-corrected chi connectivity index (χ3v) is 2.78. The minimum Gasteiger partial charge on any atom is -0.481 e. The molecule has 4 heteroatoms. The molecule has 96 valence electrons. The Hall–Kier alpha value is -2.10. The second-order valence-electron chi connectivity index (χ2n) is 4.11. The van der Waals surface area contributed by atoms with Gasteiger partial charge in [-0.15, -0.1) is 0 Å². The molecule has 0 radical (unpaired) electrons. The lowest BCUT2D eigenvalue weighted by molar-refractivity contribution is -0.137. The predicted molar refractivity (Wildman–Crippen MR) is 70.8 cm³/mol. The van der Waals surface area contributed by atoms with E-state index in [2.05, 4.69) is 4.98 Å². The second kappa shape index (κ2) is 5.49. The van der Waals surface area contributed by atoms with E-state index in [1.54, 1.807) is 13.1 Å². The number of hydrogen-bond acceptors (Lipinski definition) is 2. The van der Waals surface area contributed by atoms with E-state index in [0.717, 1.165) is 10.9 Å². The van der Waals surface area contributed by atoms with Crippen LogP contribution >= 0.6 is 0 Å². The maximum atomic E-state index is 12.1. The van der Waals surface area contributed by atoms with Crippen molar-refractivity contribution in [3.05, 3.63) is 36.0 Å². The van der Waals surface area contributed by atoms with E-state index >= 15 is 0 Å². The van der Waals surface area contributed by atoms with Gasteiger partial charge >= 0.3 is 5.97 Å². The van der Waals surface area contributed by atoms with Crippen LogP contribution in [0.3, 0.4) is 0 Å². The van der Waals surface area contributed by atoms with E-state index < -0.39 is 11.9 Å². The summed E-state index contributed by atoms with van der Waals surface area (Å²) in [5, 5.41) is 9.53. The maximum absolute atomic E-state index is 12.1. The summed E-state index contributed by atoms with van der Waals surface area (Å²) in [7, 11) is 0. The maximum Gasteiger partial charge on any atom is 0.304 e. The first-order chi connectivity index (χ1) is 8.09. The summed E-state index contributed by atoms with van der Waals surface area (Å²) in [5.74, 6) is -1.60. The van der Waals surface area contributed by atoms with Crippen LogP contribution in [0, 0.1) is 5.92 Å². The molecule has 0 fully saturated rings. The van der Waals surface area contributed by atoms with E-state index in [0.29, 0.717) is 5.56 Å². The Labute approximate surface area is 106 Å². The highest BCUT2D eigenvalue weighted by molar-refractivity contribution is 6.09. The number of H-pyrrole nitrogens is 1. The normalized spacial score (nSPS) is 11.8. The minimum atomic E-state index is -0.953. The highest BCUT2D eigenvalue weighted by Gasteiger charge is 2.20. The number of hydrogen-bond donors (Lipinski definition) is 2. The molecule has 0 saturated heterocycles. The summed E-state index contributed by atoms with van der Waals surface area (Å²) in [4.78, 5) is 25.7. The van der Waals surface area contributed by atoms with Gasteiger partial charge in [-0.25, -0.2) is 0 Å². The van der Waals surface area contributed by atoms with E-state index in [9.17, 15) is 9.59 Å². The summed E-state index contributed by atoms with van der Waals surface area (Å²) in [5.41, 5.74) is 1.45. The van der Waals surface area contributed by atoms with Crippen molar-refractivity contribution in [2.24, 2.45) is 5.92 Å². The number of benzene rings is 1. The summed E-state index contributed by atoms with van der Waals surface area (Å²) in [6.07, 6.45) is 1.50. The first kappa shape index (κ1) is 14.0. The van der Waals surface area contributed by atoms with Gasteiger partial charge in [0.15, 0.2) is 5.78 Å². The monoisotopic (exact) mass is 247 g/mol. The number of carboxylic acids is 1. The molecule has 0 aliphatic rings. The number of aromatic nitrogens is 1. The molecule has 0 bridgehead atoms. The Morgan fingerprint density at radius 3 is 2.67 bits per heavy atom. The van der Waals surface area contributed by atoms with Crippen molar-refractivity contribution >= 4 is 22.7 Å². The number of fused-ring (bicyclic) bond motifs is 1. The predicted octanol–water partition coefficient (Wildman–Crippen LogP) is 3.10. The number of nitrogens with one attached hydrogen (secondary N) is 1. The van der Waals surface area contributed by atoms with Gasteiger partial charge in [-0.05, 0) is 6.07 Å². The number of Topliss-reactive ketones (excluding diaryl/α,β-unsaturated/α-hetero) is 1. The third-order valence-electron chi connectivity index (χ3n) is 2.78. The molecule has 1 atom stereocenters. The first-order valence-electron chi connectivity index (χ1n) is 5.41. The van der Waals surface area contributed by atoms with Crippen LogP contribution in [-0.2, 0) is 4.79 Å². The molecular weight excluding hydrogens is 230 g/mol. The molecule has 2 aromatic rings. The Balaban J connectivity index is 0.00000162. The molecule has 4 nitrogen and oxygen atoms in total. The number of para-hydroxylation sites is 1. The average Bonchev–Trinajstić information content (AvgIpc) is 2.70. The SMILES string of the molecule is C.C[C@@H](CC(=O)O)C(=O)c1c[nH]c2ccccc12. The van der Waals surface area contributed by atoms with E-state index in [4.69, 9.17) is 5.11 Å². The van der Waals surface area contributed by atoms with Gasteiger partial charge in [-0.1, -0.05) is 32.5 Å². The Bertz CT molecular complexity index is 571. The lowest BCUT2D eigenvalue weighted by atomic mass is 9.96. The van der Waals surface area contributed by atoms with Crippen LogP contribution in [0.1, 0.15) is 31.1 Å². The summed E-state index contributed by atoms with van der Waals surface area (Å²) in [6, 6.07) is 7.48. The number of ketones is 1. The molecule has 0 aliphatic heterocycles. The number of carboxylic acid groups (broad SMARTS) is 1. The van der Waals surface area contributed by atoms with Crippen LogP contribution in [0.2, 0.25) is 0 Å². The van der Waals surface area contributed by atoms with Gasteiger partial charge in [-0.2, -0.15) is 0 Å². The summed E-state index contributed by atoms with van der Waals surface area (Å²) >= 11 is 0. The van der Waals surface area contributed by atoms with Crippen molar-refractivity contribution in [2.45, 2.75) is 20.8 Å². The van der Waals surface area contributed by atoms with Crippen LogP contribution in [0.25, 0.3) is 10.9 Å². The summed E-state index contributed by atoms with van der Waals surface area (Å²) < 4.78 is 0. The highest BCUT2D eigenvalue weighted by atomic mass is 16.4. The number of rotatable bonds is 4. The fourth-order valence-corrected chi connectivity index (χ4v) is 1.90. The Morgan fingerprint density at radius 1 is 1.33 bits per heavy atom. The number of aliphatic carboxylic acids is 1. The fourth-order valence-electron chi connectivity index (χ4n) is 1.90. The van der Waals surface area contributed by atoms with Crippen LogP contribution in [-0.4, -0.2) is 21.8 Å². The van der Waals surface area contributed by atoms with Crippen molar-refractivity contribution in [3.63, 3.8) is 0 Å². The summed E-state index contributed by atoms with van der Waals surface area (Å²) in [6.45, 7) is 1.64. The van der Waals surface area contributed by atoms with Crippen molar-refractivity contribution in [1.29, 1.82) is 0 Å². The van der Waals surface area contributed by atoms with Crippen LogP contribution in [0.4, 0.5) is 0 Å². The topological polar surface area (TPSA) is 70.2 Å². The van der Waals surface area contributed by atoms with E-state index in [-0.39, 0.29) is 19.6 Å². The van der Waals surface area contributed by atoms with E-state index in [1.807, 2.05) is 24.3 Å². The lowest BCUT2D eigenvalue weighted by Gasteiger charge is -2.06.